The van der Waals surface area contributed by atoms with Gasteiger partial charge in [0.15, 0.2) is 0 Å². The molecule has 0 aliphatic carbocycles. The Morgan fingerprint density at radius 2 is 1.77 bits per heavy atom. The van der Waals surface area contributed by atoms with Crippen LogP contribution < -0.4 is 10.1 Å². The first-order chi connectivity index (χ1) is 14.3. The van der Waals surface area contributed by atoms with Crippen LogP contribution in [0, 0.1) is 6.92 Å². The zero-order valence-electron chi connectivity index (χ0n) is 15.6. The average molecular weight is 477 g/mol. The van der Waals surface area contributed by atoms with Crippen molar-refractivity contribution in [2.75, 3.05) is 0 Å². The molecule has 0 atom stereocenters. The fourth-order valence-electron chi connectivity index (χ4n) is 2.77. The molecule has 1 heterocycles. The molecule has 1 N–H and O–H groups in total. The summed E-state index contributed by atoms with van der Waals surface area (Å²) in [6.45, 7) is 1.17. The number of alkyl halides is 6. The van der Waals surface area contributed by atoms with Gasteiger partial charge >= 0.3 is 12.4 Å². The average Bonchev–Trinajstić information content (AvgIpc) is 2.97. The van der Waals surface area contributed by atoms with Gasteiger partial charge in [0.05, 0.1) is 16.0 Å². The largest absolute Gasteiger partial charge is 0.489 e. The second-order valence-corrected chi connectivity index (χ2v) is 7.95. The second-order valence-electron chi connectivity index (χ2n) is 6.53. The molecule has 1 saturated heterocycles. The van der Waals surface area contributed by atoms with Crippen LogP contribution in [0.3, 0.4) is 0 Å². The summed E-state index contributed by atoms with van der Waals surface area (Å²) in [5.74, 6) is 0.239. The molecule has 1 aliphatic heterocycles. The molecule has 0 saturated carbocycles. The Morgan fingerprint density at radius 3 is 2.32 bits per heavy atom. The SMILES string of the molecule is Cc1cc(OCc2ccc(C(F)(F)F)cc2C(F)(F)F)ccc1C=C1SC(=O)NC1=S. The van der Waals surface area contributed by atoms with E-state index >= 15 is 0 Å². The van der Waals surface area contributed by atoms with Crippen LogP contribution in [-0.2, 0) is 19.0 Å². The lowest BCUT2D eigenvalue weighted by Crippen LogP contribution is -2.15. The van der Waals surface area contributed by atoms with Crippen LogP contribution >= 0.6 is 24.0 Å². The van der Waals surface area contributed by atoms with Crippen molar-refractivity contribution in [1.29, 1.82) is 0 Å². The zero-order valence-corrected chi connectivity index (χ0v) is 17.3. The van der Waals surface area contributed by atoms with Gasteiger partial charge in [-0.1, -0.05) is 24.4 Å². The molecule has 3 nitrogen and oxygen atoms in total. The summed E-state index contributed by atoms with van der Waals surface area (Å²) in [5.41, 5.74) is -1.77. The van der Waals surface area contributed by atoms with Crippen molar-refractivity contribution in [2.45, 2.75) is 25.9 Å². The summed E-state index contributed by atoms with van der Waals surface area (Å²) >= 11 is 6.00. The summed E-state index contributed by atoms with van der Waals surface area (Å²) in [5, 5.41) is 2.20. The van der Waals surface area contributed by atoms with E-state index in [4.69, 9.17) is 17.0 Å². The van der Waals surface area contributed by atoms with Gasteiger partial charge in [-0.3, -0.25) is 4.79 Å². The predicted molar refractivity (Wildman–Crippen MR) is 109 cm³/mol. The van der Waals surface area contributed by atoms with Crippen LogP contribution in [0.1, 0.15) is 27.8 Å². The first-order valence-corrected chi connectivity index (χ1v) is 9.82. The third-order valence-corrected chi connectivity index (χ3v) is 5.59. The topological polar surface area (TPSA) is 38.3 Å². The number of hydrogen-bond donors (Lipinski definition) is 1. The van der Waals surface area contributed by atoms with E-state index in [9.17, 15) is 31.1 Å². The molecule has 164 valence electrons. The van der Waals surface area contributed by atoms with Crippen LogP contribution in [0.25, 0.3) is 6.08 Å². The lowest BCUT2D eigenvalue weighted by molar-refractivity contribution is -0.143. The molecule has 1 aliphatic rings. The normalized spacial score (nSPS) is 16.0. The number of rotatable bonds is 4. The number of benzene rings is 2. The highest BCUT2D eigenvalue weighted by Crippen LogP contribution is 2.38. The number of hydrogen-bond acceptors (Lipinski definition) is 4. The van der Waals surface area contributed by atoms with Crippen molar-refractivity contribution >= 4 is 40.3 Å². The molecule has 0 bridgehead atoms. The number of halogens is 6. The highest BCUT2D eigenvalue weighted by Gasteiger charge is 2.38. The molecule has 0 aromatic heterocycles. The van der Waals surface area contributed by atoms with Gasteiger partial charge < -0.3 is 10.1 Å². The number of carbonyl (C=O) groups is 1. The maximum Gasteiger partial charge on any atom is 0.416 e. The number of carbonyl (C=O) groups excluding carboxylic acids is 1. The number of thioether (sulfide) groups is 1. The number of aryl methyl sites for hydroxylation is 1. The van der Waals surface area contributed by atoms with Crippen molar-refractivity contribution < 1.29 is 35.9 Å². The van der Waals surface area contributed by atoms with Crippen molar-refractivity contribution in [2.24, 2.45) is 0 Å². The molecular weight excluding hydrogens is 464 g/mol. The third kappa shape index (κ3) is 5.59. The van der Waals surface area contributed by atoms with Gasteiger partial charge in [0.1, 0.15) is 17.3 Å². The maximum absolute atomic E-state index is 13.2. The Morgan fingerprint density at radius 1 is 1.06 bits per heavy atom. The highest BCUT2D eigenvalue weighted by atomic mass is 32.2. The molecule has 1 fully saturated rings. The van der Waals surface area contributed by atoms with Gasteiger partial charge in [-0.2, -0.15) is 26.3 Å². The lowest BCUT2D eigenvalue weighted by Gasteiger charge is -2.16. The first-order valence-electron chi connectivity index (χ1n) is 8.60. The Balaban J connectivity index is 1.80. The van der Waals surface area contributed by atoms with Gasteiger partial charge in [-0.15, -0.1) is 0 Å². The quantitative estimate of drug-likeness (QED) is 0.301. The van der Waals surface area contributed by atoms with Crippen molar-refractivity contribution in [3.63, 3.8) is 0 Å². The lowest BCUT2D eigenvalue weighted by atomic mass is 10.0. The highest BCUT2D eigenvalue weighted by molar-refractivity contribution is 8.19. The van der Waals surface area contributed by atoms with Gasteiger partial charge in [-0.05, 0) is 60.2 Å². The number of amides is 1. The summed E-state index contributed by atoms with van der Waals surface area (Å²) in [6, 6.07) is 6.15. The van der Waals surface area contributed by atoms with E-state index in [0.29, 0.717) is 21.5 Å². The zero-order chi connectivity index (χ0) is 23.0. The van der Waals surface area contributed by atoms with E-state index in [1.807, 2.05) is 0 Å². The van der Waals surface area contributed by atoms with Crippen LogP contribution in [-0.4, -0.2) is 10.2 Å². The van der Waals surface area contributed by atoms with Gasteiger partial charge in [0, 0.05) is 5.56 Å². The number of ether oxygens (including phenoxy) is 1. The summed E-state index contributed by atoms with van der Waals surface area (Å²) in [4.78, 5) is 12.2. The molecule has 3 rings (SSSR count). The Kier molecular flexibility index (Phi) is 6.38. The fourth-order valence-corrected chi connectivity index (χ4v) is 3.79. The minimum atomic E-state index is -4.96. The van der Waals surface area contributed by atoms with E-state index in [-0.39, 0.29) is 17.1 Å². The van der Waals surface area contributed by atoms with E-state index in [1.54, 1.807) is 25.1 Å². The molecule has 2 aromatic rings. The summed E-state index contributed by atoms with van der Waals surface area (Å²) in [7, 11) is 0. The number of thiocarbonyl (C=S) groups is 1. The molecule has 1 amide bonds. The Labute approximate surface area is 182 Å². The smallest absolute Gasteiger partial charge is 0.416 e. The Bertz CT molecular complexity index is 1080. The number of nitrogens with one attached hydrogen (secondary N) is 1. The van der Waals surface area contributed by atoms with Gasteiger partial charge in [0.2, 0.25) is 0 Å². The van der Waals surface area contributed by atoms with E-state index in [1.165, 1.54) is 6.07 Å². The van der Waals surface area contributed by atoms with Crippen LogP contribution in [0.15, 0.2) is 41.3 Å². The second kappa shape index (κ2) is 8.54. The van der Waals surface area contributed by atoms with Crippen molar-refractivity contribution in [1.82, 2.24) is 5.32 Å². The molecule has 0 radical (unpaired) electrons. The van der Waals surface area contributed by atoms with Gasteiger partial charge in [-0.25, -0.2) is 0 Å². The Hall–Kier alpha value is -2.53. The van der Waals surface area contributed by atoms with Crippen LogP contribution in [0.2, 0.25) is 0 Å². The van der Waals surface area contributed by atoms with Crippen molar-refractivity contribution in [3.05, 3.63) is 69.1 Å². The minimum absolute atomic E-state index is 0.0801. The van der Waals surface area contributed by atoms with Crippen LogP contribution in [0.4, 0.5) is 31.1 Å². The maximum atomic E-state index is 13.2. The van der Waals surface area contributed by atoms with E-state index < -0.39 is 35.6 Å². The molecule has 2 aromatic carbocycles. The summed E-state index contributed by atoms with van der Waals surface area (Å²) < 4.78 is 83.5. The standard InChI is InChI=1S/C20H13F6NO2S2/c1-10-6-14(5-3-11(10)7-16-17(30)27-18(28)31-16)29-9-12-2-4-13(19(21,22)23)8-15(12)20(24,25)26/h2-8H,9H2,1H3,(H,27,28,30). The summed E-state index contributed by atoms with van der Waals surface area (Å²) in [6.07, 6.45) is -8.16. The monoisotopic (exact) mass is 477 g/mol. The molecule has 11 heteroatoms. The first kappa shape index (κ1) is 23.1. The minimum Gasteiger partial charge on any atom is -0.489 e. The predicted octanol–water partition coefficient (Wildman–Crippen LogP) is 6.74. The molecule has 0 unspecified atom stereocenters. The molecule has 0 spiro atoms. The molecular formula is C20H13F6NO2S2. The fraction of sp³-hybridized carbons (Fsp3) is 0.200. The van der Waals surface area contributed by atoms with Crippen LogP contribution in [0.5, 0.6) is 5.75 Å². The molecule has 31 heavy (non-hydrogen) atoms. The van der Waals surface area contributed by atoms with E-state index in [2.05, 4.69) is 5.32 Å². The van der Waals surface area contributed by atoms with Crippen molar-refractivity contribution in [3.8, 4) is 5.75 Å². The third-order valence-electron chi connectivity index (χ3n) is 4.31. The van der Waals surface area contributed by atoms with Gasteiger partial charge in [0.25, 0.3) is 5.24 Å². The van der Waals surface area contributed by atoms with E-state index in [0.717, 1.165) is 23.4 Å².